The Balaban J connectivity index is 1.77. The van der Waals surface area contributed by atoms with Crippen molar-refractivity contribution in [3.8, 4) is 5.75 Å². The maximum absolute atomic E-state index is 12.6. The molecule has 0 bridgehead atoms. The summed E-state index contributed by atoms with van der Waals surface area (Å²) in [5.74, 6) is 1.16. The predicted molar refractivity (Wildman–Crippen MR) is 87.8 cm³/mol. The van der Waals surface area contributed by atoms with Crippen molar-refractivity contribution in [3.63, 3.8) is 0 Å². The summed E-state index contributed by atoms with van der Waals surface area (Å²) < 4.78 is 5.19. The minimum atomic E-state index is -0.150. The van der Waals surface area contributed by atoms with Gasteiger partial charge in [-0.1, -0.05) is 18.2 Å². The zero-order valence-corrected chi connectivity index (χ0v) is 13.7. The molecular weight excluding hydrogens is 308 g/mol. The highest BCUT2D eigenvalue weighted by Gasteiger charge is 2.19. The summed E-state index contributed by atoms with van der Waals surface area (Å²) in [4.78, 5) is 18.6. The van der Waals surface area contributed by atoms with Gasteiger partial charge < -0.3 is 9.64 Å². The topological polar surface area (TPSA) is 96.9 Å². The summed E-state index contributed by atoms with van der Waals surface area (Å²) in [6, 6.07) is 9.14. The summed E-state index contributed by atoms with van der Waals surface area (Å²) in [5.41, 5.74) is 1.15. The van der Waals surface area contributed by atoms with Crippen molar-refractivity contribution in [1.82, 2.24) is 30.5 Å². The molecule has 1 atom stereocenters. The number of nitrogens with one attached hydrogen (secondary N) is 1. The lowest BCUT2D eigenvalue weighted by molar-refractivity contribution is 0.0782. The van der Waals surface area contributed by atoms with Crippen LogP contribution in [0.5, 0.6) is 5.75 Å². The highest BCUT2D eigenvalue weighted by atomic mass is 16.5. The molecule has 0 saturated heterocycles. The van der Waals surface area contributed by atoms with Gasteiger partial charge in [-0.05, 0) is 24.3 Å². The molecule has 1 aromatic carbocycles. The minimum Gasteiger partial charge on any atom is -0.497 e. The Morgan fingerprint density at radius 2 is 2.17 bits per heavy atom. The predicted octanol–water partition coefficient (Wildman–Crippen LogP) is 1.63. The third-order valence-electron chi connectivity index (χ3n) is 3.81. The fraction of sp³-hybridized carbons (Fsp3) is 0.312. The van der Waals surface area contributed by atoms with Gasteiger partial charge in [-0.2, -0.15) is 5.21 Å². The number of pyridine rings is 1. The number of benzene rings is 1. The fourth-order valence-corrected chi connectivity index (χ4v) is 2.50. The monoisotopic (exact) mass is 326 g/mol. The van der Waals surface area contributed by atoms with Crippen LogP contribution in [-0.2, 0) is 0 Å². The van der Waals surface area contributed by atoms with Crippen LogP contribution in [-0.4, -0.2) is 57.1 Å². The Labute approximate surface area is 138 Å². The van der Waals surface area contributed by atoms with Crippen LogP contribution in [0.2, 0.25) is 0 Å². The van der Waals surface area contributed by atoms with Crippen molar-refractivity contribution in [3.05, 3.63) is 41.9 Å². The van der Waals surface area contributed by atoms with Crippen molar-refractivity contribution in [2.75, 3.05) is 20.7 Å². The number of methoxy groups -OCH3 is 1. The normalized spacial score (nSPS) is 12.1. The molecule has 0 aliphatic carbocycles. The van der Waals surface area contributed by atoms with Crippen molar-refractivity contribution >= 4 is 16.8 Å². The van der Waals surface area contributed by atoms with Gasteiger partial charge in [0.1, 0.15) is 11.4 Å². The molecule has 2 aromatic heterocycles. The van der Waals surface area contributed by atoms with E-state index in [0.717, 1.165) is 16.7 Å². The van der Waals surface area contributed by atoms with Gasteiger partial charge in [0, 0.05) is 24.9 Å². The molecule has 0 radical (unpaired) electrons. The summed E-state index contributed by atoms with van der Waals surface area (Å²) in [7, 11) is 3.35. The smallest absolute Gasteiger partial charge is 0.272 e. The van der Waals surface area contributed by atoms with E-state index in [-0.39, 0.29) is 11.8 Å². The molecule has 0 aliphatic heterocycles. The number of likely N-dealkylation sites (N-methyl/N-ethyl adjacent to an activating group) is 1. The van der Waals surface area contributed by atoms with Gasteiger partial charge in [-0.15, -0.1) is 10.2 Å². The van der Waals surface area contributed by atoms with Gasteiger partial charge in [0.05, 0.1) is 12.6 Å². The first kappa shape index (κ1) is 15.9. The molecule has 2 heterocycles. The van der Waals surface area contributed by atoms with Gasteiger partial charge in [0.2, 0.25) is 0 Å². The van der Waals surface area contributed by atoms with Crippen LogP contribution in [0.4, 0.5) is 0 Å². The number of H-pyrrole nitrogens is 1. The lowest BCUT2D eigenvalue weighted by Gasteiger charge is -2.19. The average Bonchev–Trinajstić information content (AvgIpc) is 3.14. The second-order valence-corrected chi connectivity index (χ2v) is 5.61. The van der Waals surface area contributed by atoms with Crippen LogP contribution < -0.4 is 4.74 Å². The number of aromatic nitrogens is 5. The number of carbonyl (C=O) groups excluding carboxylic acids is 1. The molecule has 0 spiro atoms. The molecular formula is C16H18N6O2. The largest absolute Gasteiger partial charge is 0.497 e. The number of nitrogens with zero attached hydrogens (tertiary/aromatic N) is 5. The molecule has 24 heavy (non-hydrogen) atoms. The van der Waals surface area contributed by atoms with Crippen LogP contribution >= 0.6 is 0 Å². The molecule has 3 rings (SSSR count). The summed E-state index contributed by atoms with van der Waals surface area (Å²) in [6.07, 6.45) is 0. The molecule has 1 amide bonds. The van der Waals surface area contributed by atoms with Gasteiger partial charge in [0.15, 0.2) is 5.82 Å². The zero-order valence-electron chi connectivity index (χ0n) is 13.7. The van der Waals surface area contributed by atoms with Gasteiger partial charge in [-0.3, -0.25) is 4.79 Å². The van der Waals surface area contributed by atoms with Crippen LogP contribution in [0.1, 0.15) is 29.2 Å². The quantitative estimate of drug-likeness (QED) is 0.765. The molecule has 8 nitrogen and oxygen atoms in total. The van der Waals surface area contributed by atoms with E-state index in [2.05, 4.69) is 25.6 Å². The maximum atomic E-state index is 12.6. The average molecular weight is 326 g/mol. The number of amides is 1. The number of rotatable bonds is 5. The lowest BCUT2D eigenvalue weighted by atomic mass is 10.1. The number of aromatic amines is 1. The van der Waals surface area contributed by atoms with E-state index < -0.39 is 0 Å². The maximum Gasteiger partial charge on any atom is 0.272 e. The Morgan fingerprint density at radius 3 is 2.88 bits per heavy atom. The fourth-order valence-electron chi connectivity index (χ4n) is 2.50. The molecule has 8 heteroatoms. The zero-order chi connectivity index (χ0) is 17.1. The van der Waals surface area contributed by atoms with Crippen molar-refractivity contribution in [2.24, 2.45) is 0 Å². The highest BCUT2D eigenvalue weighted by molar-refractivity contribution is 5.95. The Bertz CT molecular complexity index is 849. The summed E-state index contributed by atoms with van der Waals surface area (Å²) in [6.45, 7) is 2.41. The van der Waals surface area contributed by atoms with Crippen molar-refractivity contribution in [1.29, 1.82) is 0 Å². The van der Waals surface area contributed by atoms with E-state index in [1.807, 2.05) is 31.2 Å². The van der Waals surface area contributed by atoms with E-state index in [9.17, 15) is 4.79 Å². The number of ether oxygens (including phenoxy) is 1. The molecule has 0 fully saturated rings. The molecule has 1 unspecified atom stereocenters. The second kappa shape index (κ2) is 6.61. The molecule has 0 aliphatic rings. The number of tetrazole rings is 1. The number of hydrogen-bond donors (Lipinski definition) is 1. The third kappa shape index (κ3) is 3.17. The van der Waals surface area contributed by atoms with Crippen molar-refractivity contribution < 1.29 is 9.53 Å². The molecule has 1 N–H and O–H groups in total. The first-order valence-corrected chi connectivity index (χ1v) is 7.52. The number of hydrogen-bond acceptors (Lipinski definition) is 6. The van der Waals surface area contributed by atoms with Gasteiger partial charge >= 0.3 is 0 Å². The summed E-state index contributed by atoms with van der Waals surface area (Å²) >= 11 is 0. The van der Waals surface area contributed by atoms with Crippen LogP contribution in [0.3, 0.4) is 0 Å². The lowest BCUT2D eigenvalue weighted by Crippen LogP contribution is -2.31. The van der Waals surface area contributed by atoms with Gasteiger partial charge in [0.25, 0.3) is 5.91 Å². The second-order valence-electron chi connectivity index (χ2n) is 5.61. The van der Waals surface area contributed by atoms with E-state index >= 15 is 0 Å². The van der Waals surface area contributed by atoms with E-state index in [4.69, 9.17) is 4.74 Å². The Hall–Kier alpha value is -3.03. The number of carbonyl (C=O) groups is 1. The Morgan fingerprint density at radius 1 is 1.33 bits per heavy atom. The van der Waals surface area contributed by atoms with Crippen LogP contribution in [0.25, 0.3) is 10.9 Å². The van der Waals surface area contributed by atoms with Crippen LogP contribution in [0, 0.1) is 0 Å². The van der Waals surface area contributed by atoms with Crippen molar-refractivity contribution in [2.45, 2.75) is 12.8 Å². The van der Waals surface area contributed by atoms with E-state index in [0.29, 0.717) is 18.1 Å². The number of fused-ring (bicyclic) bond motifs is 1. The van der Waals surface area contributed by atoms with Gasteiger partial charge in [-0.25, -0.2) is 4.98 Å². The summed E-state index contributed by atoms with van der Waals surface area (Å²) in [5, 5.41) is 14.8. The minimum absolute atomic E-state index is 0.0255. The SMILES string of the molecule is COc1ccc2nc(C(=O)N(C)CC(C)c3nn[nH]n3)ccc2c1. The van der Waals surface area contributed by atoms with E-state index in [1.165, 1.54) is 0 Å². The Kier molecular flexibility index (Phi) is 4.37. The molecule has 3 aromatic rings. The standard InChI is InChI=1S/C16H18N6O2/c1-10(15-18-20-21-19-15)9-22(2)16(23)14-6-4-11-8-12(24-3)5-7-13(11)17-14/h4-8,10H,9H2,1-3H3,(H,18,19,20,21). The van der Waals surface area contributed by atoms with E-state index in [1.54, 1.807) is 25.1 Å². The molecule has 0 saturated carbocycles. The van der Waals surface area contributed by atoms with Crippen LogP contribution in [0.15, 0.2) is 30.3 Å². The highest BCUT2D eigenvalue weighted by Crippen LogP contribution is 2.20. The first-order valence-electron chi connectivity index (χ1n) is 7.52. The first-order chi connectivity index (χ1) is 11.6. The molecule has 124 valence electrons. The third-order valence-corrected chi connectivity index (χ3v) is 3.81.